The standard InChI is InChI=1S/C10H16N2S2/c1-8(10(11)13)12(2)5-3-9-4-6-14-7-9/h4,6-8H,3,5H2,1-2H3,(H2,11,13). The molecule has 0 saturated carbocycles. The van der Waals surface area contributed by atoms with Crippen LogP contribution in [0.4, 0.5) is 0 Å². The van der Waals surface area contributed by atoms with Crippen molar-refractivity contribution in [1.29, 1.82) is 0 Å². The summed E-state index contributed by atoms with van der Waals surface area (Å²) in [5, 5.41) is 4.28. The zero-order valence-corrected chi connectivity index (χ0v) is 10.2. The third-order valence-corrected chi connectivity index (χ3v) is 3.48. The summed E-state index contributed by atoms with van der Waals surface area (Å²) < 4.78 is 0. The first-order valence-electron chi connectivity index (χ1n) is 4.62. The second-order valence-corrected chi connectivity index (χ2v) is 4.69. The highest BCUT2D eigenvalue weighted by Crippen LogP contribution is 2.07. The molecular formula is C10H16N2S2. The maximum absolute atomic E-state index is 5.58. The van der Waals surface area contributed by atoms with Gasteiger partial charge in [-0.3, -0.25) is 4.90 Å². The quantitative estimate of drug-likeness (QED) is 0.781. The molecule has 1 aromatic rings. The van der Waals surface area contributed by atoms with Crippen LogP contribution in [0, 0.1) is 0 Å². The van der Waals surface area contributed by atoms with Gasteiger partial charge in [0, 0.05) is 6.54 Å². The van der Waals surface area contributed by atoms with E-state index in [1.54, 1.807) is 11.3 Å². The number of nitrogens with zero attached hydrogens (tertiary/aromatic N) is 1. The van der Waals surface area contributed by atoms with Gasteiger partial charge in [0.2, 0.25) is 0 Å². The fourth-order valence-corrected chi connectivity index (χ4v) is 2.03. The lowest BCUT2D eigenvalue weighted by Gasteiger charge is -2.23. The first kappa shape index (κ1) is 11.6. The van der Waals surface area contributed by atoms with E-state index in [4.69, 9.17) is 18.0 Å². The first-order chi connectivity index (χ1) is 6.61. The van der Waals surface area contributed by atoms with E-state index in [1.165, 1.54) is 5.56 Å². The van der Waals surface area contributed by atoms with Crippen LogP contribution in [0.15, 0.2) is 16.8 Å². The van der Waals surface area contributed by atoms with Gasteiger partial charge in [-0.15, -0.1) is 0 Å². The molecule has 1 rings (SSSR count). The van der Waals surface area contributed by atoms with Crippen molar-refractivity contribution in [2.24, 2.45) is 5.73 Å². The highest BCUT2D eigenvalue weighted by molar-refractivity contribution is 7.80. The number of thiophene rings is 1. The van der Waals surface area contributed by atoms with Gasteiger partial charge in [-0.25, -0.2) is 0 Å². The van der Waals surface area contributed by atoms with E-state index in [0.717, 1.165) is 13.0 Å². The van der Waals surface area contributed by atoms with Gasteiger partial charge >= 0.3 is 0 Å². The van der Waals surface area contributed by atoms with Gasteiger partial charge < -0.3 is 5.73 Å². The molecule has 4 heteroatoms. The smallest absolute Gasteiger partial charge is 0.0899 e. The van der Waals surface area contributed by atoms with Crippen LogP contribution in [0.5, 0.6) is 0 Å². The van der Waals surface area contributed by atoms with Gasteiger partial charge in [0.15, 0.2) is 0 Å². The van der Waals surface area contributed by atoms with Crippen molar-refractivity contribution >= 4 is 28.5 Å². The molecular weight excluding hydrogens is 212 g/mol. The first-order valence-corrected chi connectivity index (χ1v) is 5.97. The van der Waals surface area contributed by atoms with Gasteiger partial charge in [-0.1, -0.05) is 12.2 Å². The Morgan fingerprint density at radius 3 is 2.93 bits per heavy atom. The number of thiocarbonyl (C=S) groups is 1. The van der Waals surface area contributed by atoms with E-state index in [1.807, 2.05) is 6.92 Å². The minimum atomic E-state index is 0.184. The fourth-order valence-electron chi connectivity index (χ4n) is 1.15. The van der Waals surface area contributed by atoms with Gasteiger partial charge in [0.1, 0.15) is 0 Å². The van der Waals surface area contributed by atoms with Crippen LogP contribution in [0.25, 0.3) is 0 Å². The van der Waals surface area contributed by atoms with Crippen LogP contribution < -0.4 is 5.73 Å². The van der Waals surface area contributed by atoms with Gasteiger partial charge in [-0.05, 0) is 42.8 Å². The number of likely N-dealkylation sites (N-methyl/N-ethyl adjacent to an activating group) is 1. The Labute approximate surface area is 94.7 Å². The van der Waals surface area contributed by atoms with Crippen molar-refractivity contribution in [1.82, 2.24) is 4.90 Å². The summed E-state index contributed by atoms with van der Waals surface area (Å²) >= 11 is 6.68. The monoisotopic (exact) mass is 228 g/mol. The maximum Gasteiger partial charge on any atom is 0.0899 e. The van der Waals surface area contributed by atoms with E-state index >= 15 is 0 Å². The Morgan fingerprint density at radius 1 is 1.71 bits per heavy atom. The Hall–Kier alpha value is -0.450. The molecule has 0 amide bonds. The summed E-state index contributed by atoms with van der Waals surface area (Å²) in [6.07, 6.45) is 1.06. The minimum absolute atomic E-state index is 0.184. The summed E-state index contributed by atoms with van der Waals surface area (Å²) in [4.78, 5) is 2.75. The van der Waals surface area contributed by atoms with E-state index in [9.17, 15) is 0 Å². The highest BCUT2D eigenvalue weighted by atomic mass is 32.1. The molecule has 0 aliphatic heterocycles. The molecule has 0 aliphatic carbocycles. The molecule has 78 valence electrons. The molecule has 0 radical (unpaired) electrons. The Bertz CT molecular complexity index is 282. The summed E-state index contributed by atoms with van der Waals surface area (Å²) in [5.41, 5.74) is 6.96. The van der Waals surface area contributed by atoms with Crippen molar-refractivity contribution in [3.63, 3.8) is 0 Å². The van der Waals surface area contributed by atoms with E-state index < -0.39 is 0 Å². The topological polar surface area (TPSA) is 29.3 Å². The molecule has 14 heavy (non-hydrogen) atoms. The van der Waals surface area contributed by atoms with Crippen LogP contribution in [-0.4, -0.2) is 29.5 Å². The summed E-state index contributed by atoms with van der Waals surface area (Å²) in [5.74, 6) is 0. The summed E-state index contributed by atoms with van der Waals surface area (Å²) in [6.45, 7) is 3.03. The zero-order chi connectivity index (χ0) is 10.6. The summed E-state index contributed by atoms with van der Waals surface area (Å²) in [7, 11) is 2.05. The summed E-state index contributed by atoms with van der Waals surface area (Å²) in [6, 6.07) is 2.34. The molecule has 0 aliphatic rings. The second-order valence-electron chi connectivity index (χ2n) is 3.44. The van der Waals surface area contributed by atoms with E-state index in [2.05, 4.69) is 28.8 Å². The van der Waals surface area contributed by atoms with Crippen molar-refractivity contribution in [3.05, 3.63) is 22.4 Å². The lowest BCUT2D eigenvalue weighted by Crippen LogP contribution is -2.40. The predicted molar refractivity (Wildman–Crippen MR) is 66.9 cm³/mol. The molecule has 2 nitrogen and oxygen atoms in total. The second kappa shape index (κ2) is 5.44. The normalized spacial score (nSPS) is 13.1. The minimum Gasteiger partial charge on any atom is -0.392 e. The highest BCUT2D eigenvalue weighted by Gasteiger charge is 2.10. The Kier molecular flexibility index (Phi) is 4.51. The van der Waals surface area contributed by atoms with Gasteiger partial charge in [-0.2, -0.15) is 11.3 Å². The number of rotatable bonds is 5. The lowest BCUT2D eigenvalue weighted by molar-refractivity contribution is 0.316. The van der Waals surface area contributed by atoms with Crippen LogP contribution in [-0.2, 0) is 6.42 Å². The molecule has 1 atom stereocenters. The predicted octanol–water partition coefficient (Wildman–Crippen LogP) is 1.90. The molecule has 1 unspecified atom stereocenters. The van der Waals surface area contributed by atoms with Crippen molar-refractivity contribution in [2.45, 2.75) is 19.4 Å². The van der Waals surface area contributed by atoms with Crippen LogP contribution in [0.2, 0.25) is 0 Å². The number of hydrogen-bond donors (Lipinski definition) is 1. The van der Waals surface area contributed by atoms with Gasteiger partial charge in [0.25, 0.3) is 0 Å². The van der Waals surface area contributed by atoms with Gasteiger partial charge in [0.05, 0.1) is 11.0 Å². The zero-order valence-electron chi connectivity index (χ0n) is 8.56. The fraction of sp³-hybridized carbons (Fsp3) is 0.500. The molecule has 0 bridgehead atoms. The Morgan fingerprint density at radius 2 is 2.43 bits per heavy atom. The molecule has 0 spiro atoms. The van der Waals surface area contributed by atoms with Crippen LogP contribution >= 0.6 is 23.6 Å². The SMILES string of the molecule is CC(C(N)=S)N(C)CCc1ccsc1. The largest absolute Gasteiger partial charge is 0.392 e. The third kappa shape index (κ3) is 3.36. The van der Waals surface area contributed by atoms with Crippen LogP contribution in [0.1, 0.15) is 12.5 Å². The van der Waals surface area contributed by atoms with Crippen molar-refractivity contribution in [2.75, 3.05) is 13.6 Å². The maximum atomic E-state index is 5.58. The molecule has 0 fully saturated rings. The van der Waals surface area contributed by atoms with E-state index in [0.29, 0.717) is 4.99 Å². The van der Waals surface area contributed by atoms with Crippen molar-refractivity contribution < 1.29 is 0 Å². The average molecular weight is 228 g/mol. The molecule has 0 aromatic carbocycles. The molecule has 1 heterocycles. The van der Waals surface area contributed by atoms with Crippen LogP contribution in [0.3, 0.4) is 0 Å². The Balaban J connectivity index is 2.34. The number of nitrogens with two attached hydrogens (primary N) is 1. The third-order valence-electron chi connectivity index (χ3n) is 2.41. The average Bonchev–Trinajstić information content (AvgIpc) is 2.65. The van der Waals surface area contributed by atoms with E-state index in [-0.39, 0.29) is 6.04 Å². The molecule has 2 N–H and O–H groups in total. The number of hydrogen-bond acceptors (Lipinski definition) is 3. The van der Waals surface area contributed by atoms with Crippen molar-refractivity contribution in [3.8, 4) is 0 Å². The molecule has 0 saturated heterocycles. The molecule has 1 aromatic heterocycles. The lowest BCUT2D eigenvalue weighted by atomic mass is 10.2.